The summed E-state index contributed by atoms with van der Waals surface area (Å²) in [6, 6.07) is 9.70. The van der Waals surface area contributed by atoms with Gasteiger partial charge in [0.15, 0.2) is 0 Å². The zero-order chi connectivity index (χ0) is 12.1. The third-order valence-corrected chi connectivity index (χ3v) is 3.60. The van der Waals surface area contributed by atoms with Crippen molar-refractivity contribution >= 4 is 0 Å². The number of benzene rings is 1. The van der Waals surface area contributed by atoms with Crippen LogP contribution in [0, 0.1) is 12.8 Å². The van der Waals surface area contributed by atoms with E-state index in [1.807, 2.05) is 0 Å². The second-order valence-corrected chi connectivity index (χ2v) is 5.52. The standard InChI is InChI=1S/C16H25N/c1-3-10-17-16(12-15-8-9-15)11-14-6-4-13(2)5-7-14/h4-7,15-17H,3,8-12H2,1-2H3. The van der Waals surface area contributed by atoms with Crippen LogP contribution in [0.25, 0.3) is 0 Å². The van der Waals surface area contributed by atoms with Gasteiger partial charge in [-0.25, -0.2) is 0 Å². The van der Waals surface area contributed by atoms with Crippen LogP contribution in [0.2, 0.25) is 0 Å². The molecule has 0 heterocycles. The minimum absolute atomic E-state index is 0.685. The third kappa shape index (κ3) is 4.51. The number of rotatable bonds is 7. The molecule has 0 aliphatic heterocycles. The Balaban J connectivity index is 1.87. The van der Waals surface area contributed by atoms with E-state index in [0.717, 1.165) is 12.5 Å². The van der Waals surface area contributed by atoms with E-state index >= 15 is 0 Å². The lowest BCUT2D eigenvalue weighted by molar-refractivity contribution is 0.455. The molecular formula is C16H25N. The highest BCUT2D eigenvalue weighted by molar-refractivity contribution is 5.22. The van der Waals surface area contributed by atoms with Crippen molar-refractivity contribution in [2.45, 2.75) is 52.0 Å². The first kappa shape index (κ1) is 12.6. The van der Waals surface area contributed by atoms with Gasteiger partial charge < -0.3 is 5.32 Å². The predicted octanol–water partition coefficient (Wildman–Crippen LogP) is 3.71. The number of aryl methyl sites for hydroxylation is 1. The highest BCUT2D eigenvalue weighted by Crippen LogP contribution is 2.34. The number of hydrogen-bond acceptors (Lipinski definition) is 1. The molecule has 1 nitrogen and oxygen atoms in total. The van der Waals surface area contributed by atoms with Crippen LogP contribution in [0.3, 0.4) is 0 Å². The molecule has 1 aromatic carbocycles. The molecule has 1 N–H and O–H groups in total. The molecule has 1 heteroatoms. The van der Waals surface area contributed by atoms with Gasteiger partial charge in [0.1, 0.15) is 0 Å². The van der Waals surface area contributed by atoms with E-state index < -0.39 is 0 Å². The molecule has 0 aromatic heterocycles. The van der Waals surface area contributed by atoms with E-state index in [9.17, 15) is 0 Å². The summed E-state index contributed by atoms with van der Waals surface area (Å²) in [7, 11) is 0. The number of nitrogens with one attached hydrogen (secondary N) is 1. The first-order valence-electron chi connectivity index (χ1n) is 7.07. The van der Waals surface area contributed by atoms with E-state index in [1.54, 1.807) is 0 Å². The van der Waals surface area contributed by atoms with E-state index in [0.29, 0.717) is 6.04 Å². The van der Waals surface area contributed by atoms with Gasteiger partial charge in [-0.3, -0.25) is 0 Å². The van der Waals surface area contributed by atoms with Crippen molar-refractivity contribution in [3.05, 3.63) is 35.4 Å². The number of hydrogen-bond donors (Lipinski definition) is 1. The van der Waals surface area contributed by atoms with Crippen molar-refractivity contribution in [2.75, 3.05) is 6.54 Å². The van der Waals surface area contributed by atoms with Crippen molar-refractivity contribution in [1.82, 2.24) is 5.32 Å². The molecule has 1 unspecified atom stereocenters. The van der Waals surface area contributed by atoms with Crippen LogP contribution < -0.4 is 5.32 Å². The van der Waals surface area contributed by atoms with Gasteiger partial charge in [0.05, 0.1) is 0 Å². The van der Waals surface area contributed by atoms with Gasteiger partial charge >= 0.3 is 0 Å². The van der Waals surface area contributed by atoms with Crippen molar-refractivity contribution in [3.63, 3.8) is 0 Å². The zero-order valence-electron chi connectivity index (χ0n) is 11.2. The Bertz CT molecular complexity index is 324. The molecule has 0 spiro atoms. The Hall–Kier alpha value is -0.820. The fourth-order valence-corrected chi connectivity index (χ4v) is 2.35. The van der Waals surface area contributed by atoms with Crippen LogP contribution in [0.1, 0.15) is 43.7 Å². The van der Waals surface area contributed by atoms with Crippen molar-refractivity contribution in [3.8, 4) is 0 Å². The largest absolute Gasteiger partial charge is 0.314 e. The van der Waals surface area contributed by atoms with Crippen LogP contribution in [0.15, 0.2) is 24.3 Å². The van der Waals surface area contributed by atoms with Crippen molar-refractivity contribution in [2.24, 2.45) is 5.92 Å². The van der Waals surface area contributed by atoms with Crippen LogP contribution in [0.4, 0.5) is 0 Å². The molecule has 1 saturated carbocycles. The maximum Gasteiger partial charge on any atom is 0.0110 e. The van der Waals surface area contributed by atoms with Gasteiger partial charge in [0.25, 0.3) is 0 Å². The van der Waals surface area contributed by atoms with E-state index in [-0.39, 0.29) is 0 Å². The fourth-order valence-electron chi connectivity index (χ4n) is 2.35. The molecule has 1 aliphatic carbocycles. The summed E-state index contributed by atoms with van der Waals surface area (Å²) in [5.41, 5.74) is 2.83. The maximum atomic E-state index is 3.70. The van der Waals surface area contributed by atoms with Gasteiger partial charge in [-0.2, -0.15) is 0 Å². The molecule has 1 atom stereocenters. The summed E-state index contributed by atoms with van der Waals surface area (Å²) in [4.78, 5) is 0. The summed E-state index contributed by atoms with van der Waals surface area (Å²) >= 11 is 0. The van der Waals surface area contributed by atoms with E-state index in [4.69, 9.17) is 0 Å². The monoisotopic (exact) mass is 231 g/mol. The minimum Gasteiger partial charge on any atom is -0.314 e. The lowest BCUT2D eigenvalue weighted by Gasteiger charge is -2.18. The van der Waals surface area contributed by atoms with Crippen molar-refractivity contribution < 1.29 is 0 Å². The summed E-state index contributed by atoms with van der Waals surface area (Å²) in [6.45, 7) is 5.55. The van der Waals surface area contributed by atoms with Gasteiger partial charge in [0, 0.05) is 6.04 Å². The lowest BCUT2D eigenvalue weighted by Crippen LogP contribution is -2.32. The molecule has 0 saturated heterocycles. The highest BCUT2D eigenvalue weighted by atomic mass is 14.9. The summed E-state index contributed by atoms with van der Waals surface area (Å²) in [6.07, 6.45) is 6.70. The Morgan fingerprint density at radius 3 is 2.53 bits per heavy atom. The molecule has 94 valence electrons. The SMILES string of the molecule is CCCNC(Cc1ccc(C)cc1)CC1CC1. The second-order valence-electron chi connectivity index (χ2n) is 5.52. The Morgan fingerprint density at radius 2 is 1.94 bits per heavy atom. The first-order chi connectivity index (χ1) is 8.28. The van der Waals surface area contributed by atoms with E-state index in [2.05, 4.69) is 43.4 Å². The fraction of sp³-hybridized carbons (Fsp3) is 0.625. The first-order valence-corrected chi connectivity index (χ1v) is 7.07. The van der Waals surface area contributed by atoms with Gasteiger partial charge in [-0.15, -0.1) is 0 Å². The van der Waals surface area contributed by atoms with Crippen LogP contribution >= 0.6 is 0 Å². The normalized spacial score (nSPS) is 17.1. The predicted molar refractivity (Wildman–Crippen MR) is 74.3 cm³/mol. The average molecular weight is 231 g/mol. The molecule has 0 radical (unpaired) electrons. The molecule has 17 heavy (non-hydrogen) atoms. The molecule has 1 fully saturated rings. The topological polar surface area (TPSA) is 12.0 Å². The van der Waals surface area contributed by atoms with Gasteiger partial charge in [-0.1, -0.05) is 49.6 Å². The zero-order valence-corrected chi connectivity index (χ0v) is 11.2. The van der Waals surface area contributed by atoms with E-state index in [1.165, 1.54) is 43.2 Å². The maximum absolute atomic E-state index is 3.70. The second kappa shape index (κ2) is 6.20. The van der Waals surface area contributed by atoms with Crippen LogP contribution in [-0.4, -0.2) is 12.6 Å². The van der Waals surface area contributed by atoms with Gasteiger partial charge in [-0.05, 0) is 44.2 Å². The molecule has 0 bridgehead atoms. The quantitative estimate of drug-likeness (QED) is 0.754. The Kier molecular flexibility index (Phi) is 4.61. The Morgan fingerprint density at radius 1 is 1.24 bits per heavy atom. The molecule has 0 amide bonds. The van der Waals surface area contributed by atoms with Crippen LogP contribution in [-0.2, 0) is 6.42 Å². The van der Waals surface area contributed by atoms with Crippen LogP contribution in [0.5, 0.6) is 0 Å². The summed E-state index contributed by atoms with van der Waals surface area (Å²) < 4.78 is 0. The smallest absolute Gasteiger partial charge is 0.0110 e. The molecule has 1 aromatic rings. The average Bonchev–Trinajstić information content (AvgIpc) is 3.13. The molecule has 2 rings (SSSR count). The highest BCUT2D eigenvalue weighted by Gasteiger charge is 2.25. The third-order valence-electron chi connectivity index (χ3n) is 3.60. The summed E-state index contributed by atoms with van der Waals surface area (Å²) in [5, 5.41) is 3.70. The minimum atomic E-state index is 0.685. The molecule has 1 aliphatic rings. The van der Waals surface area contributed by atoms with Crippen molar-refractivity contribution in [1.29, 1.82) is 0 Å². The lowest BCUT2D eigenvalue weighted by atomic mass is 10.00. The molecular weight excluding hydrogens is 206 g/mol. The Labute approximate surface area is 106 Å². The summed E-state index contributed by atoms with van der Waals surface area (Å²) in [5.74, 6) is 1.01. The van der Waals surface area contributed by atoms with Gasteiger partial charge in [0.2, 0.25) is 0 Å².